The van der Waals surface area contributed by atoms with E-state index in [-0.39, 0.29) is 35.2 Å². The van der Waals surface area contributed by atoms with Gasteiger partial charge in [-0.25, -0.2) is 4.79 Å². The molecule has 3 saturated heterocycles. The Labute approximate surface area is 277 Å². The molecule has 6 rings (SSSR count). The lowest BCUT2D eigenvalue weighted by Gasteiger charge is -2.37. The van der Waals surface area contributed by atoms with Crippen molar-refractivity contribution in [2.24, 2.45) is 0 Å². The van der Waals surface area contributed by atoms with E-state index in [1.807, 2.05) is 56.8 Å². The van der Waals surface area contributed by atoms with Crippen LogP contribution in [0.3, 0.4) is 0 Å². The molecule has 4 aliphatic heterocycles. The Morgan fingerprint density at radius 1 is 1.04 bits per heavy atom. The number of amides is 4. The molecule has 46 heavy (non-hydrogen) atoms. The number of nitrogens with one attached hydrogen (secondary N) is 3. The molecule has 0 bridgehead atoms. The molecular weight excluding hydrogens is 627 g/mol. The Balaban J connectivity index is 1.01. The zero-order valence-electron chi connectivity index (χ0n) is 26.7. The second-order valence-electron chi connectivity index (χ2n) is 12.9. The van der Waals surface area contributed by atoms with Gasteiger partial charge in [0.05, 0.1) is 17.3 Å². The lowest BCUT2D eigenvalue weighted by Crippen LogP contribution is -2.42. The summed E-state index contributed by atoms with van der Waals surface area (Å²) in [6, 6.07) is 7.92. The highest BCUT2D eigenvalue weighted by molar-refractivity contribution is 8.15. The van der Waals surface area contributed by atoms with Gasteiger partial charge in [0.15, 0.2) is 0 Å². The fraction of sp³-hybridized carbons (Fsp3) is 0.529. The van der Waals surface area contributed by atoms with Crippen molar-refractivity contribution >= 4 is 46.7 Å². The molecular formula is C34H41N3O7S2. The van der Waals surface area contributed by atoms with Gasteiger partial charge < -0.3 is 24.8 Å². The van der Waals surface area contributed by atoms with Gasteiger partial charge in [0.2, 0.25) is 5.91 Å². The second-order valence-corrected chi connectivity index (χ2v) is 15.4. The number of esters is 1. The van der Waals surface area contributed by atoms with Crippen LogP contribution >= 0.6 is 23.5 Å². The first-order valence-corrected chi connectivity index (χ1v) is 17.9. The van der Waals surface area contributed by atoms with E-state index in [0.29, 0.717) is 36.2 Å². The summed E-state index contributed by atoms with van der Waals surface area (Å²) in [7, 11) is 0. The number of unbranched alkanes of at least 4 members (excludes halogenated alkanes) is 1. The third-order valence-corrected chi connectivity index (χ3v) is 12.0. The summed E-state index contributed by atoms with van der Waals surface area (Å²) in [5.41, 5.74) is 4.30. The summed E-state index contributed by atoms with van der Waals surface area (Å²) in [4.78, 5) is 47.9. The van der Waals surface area contributed by atoms with Gasteiger partial charge in [0, 0.05) is 23.0 Å². The fourth-order valence-electron chi connectivity index (χ4n) is 6.66. The first-order chi connectivity index (χ1) is 22.0. The molecule has 0 spiro atoms. The summed E-state index contributed by atoms with van der Waals surface area (Å²) in [5, 5.41) is 8.01. The van der Waals surface area contributed by atoms with E-state index in [1.54, 1.807) is 0 Å². The summed E-state index contributed by atoms with van der Waals surface area (Å²) in [6.07, 6.45) is 4.98. The zero-order chi connectivity index (χ0) is 32.6. The summed E-state index contributed by atoms with van der Waals surface area (Å²) in [6.45, 7) is 8.39. The van der Waals surface area contributed by atoms with Gasteiger partial charge in [0.25, 0.3) is 5.24 Å². The van der Waals surface area contributed by atoms with Crippen LogP contribution in [0, 0.1) is 20.8 Å². The van der Waals surface area contributed by atoms with Crippen LogP contribution in [0.15, 0.2) is 24.3 Å². The molecule has 4 amide bonds. The molecule has 0 aromatic heterocycles. The average Bonchev–Trinajstić information content (AvgIpc) is 3.68. The maximum atomic E-state index is 12.9. The van der Waals surface area contributed by atoms with E-state index in [2.05, 4.69) is 22.9 Å². The normalized spacial score (nSPS) is 26.5. The number of urea groups is 1. The molecule has 2 aromatic rings. The number of hydrogen-bond acceptors (Lipinski definition) is 9. The van der Waals surface area contributed by atoms with Gasteiger partial charge >= 0.3 is 12.0 Å². The van der Waals surface area contributed by atoms with Crippen molar-refractivity contribution in [2.75, 3.05) is 12.4 Å². The minimum Gasteiger partial charge on any atom is -0.489 e. The number of carbonyl (C=O) groups excluding carboxylic acids is 4. The van der Waals surface area contributed by atoms with Crippen molar-refractivity contribution in [3.63, 3.8) is 0 Å². The Morgan fingerprint density at radius 3 is 2.57 bits per heavy atom. The van der Waals surface area contributed by atoms with Gasteiger partial charge in [-0.15, -0.1) is 0 Å². The van der Waals surface area contributed by atoms with E-state index >= 15 is 0 Å². The molecule has 4 aliphatic rings. The number of hydrogen-bond donors (Lipinski definition) is 3. The molecule has 0 aliphatic carbocycles. The monoisotopic (exact) mass is 667 g/mol. The van der Waals surface area contributed by atoms with Crippen LogP contribution in [0.2, 0.25) is 0 Å². The molecule has 2 aromatic carbocycles. The highest BCUT2D eigenvalue weighted by Gasteiger charge is 2.42. The minimum absolute atomic E-state index is 0.0748. The number of benzene rings is 2. The molecule has 0 radical (unpaired) electrons. The third-order valence-electron chi connectivity index (χ3n) is 9.49. The Morgan fingerprint density at radius 2 is 1.83 bits per heavy atom. The number of imide groups is 1. The van der Waals surface area contributed by atoms with Crippen molar-refractivity contribution in [3.8, 4) is 17.2 Å². The summed E-state index contributed by atoms with van der Waals surface area (Å²) in [5.74, 6) is 2.65. The number of ether oxygens (including phenoxy) is 3. The molecule has 3 fully saturated rings. The number of rotatable bonds is 11. The van der Waals surface area contributed by atoms with Crippen LogP contribution in [-0.4, -0.2) is 63.7 Å². The van der Waals surface area contributed by atoms with Crippen molar-refractivity contribution < 1.29 is 33.4 Å². The molecule has 10 nitrogen and oxygen atoms in total. The summed E-state index contributed by atoms with van der Waals surface area (Å²) >= 11 is 2.92. The molecule has 12 heteroatoms. The van der Waals surface area contributed by atoms with Crippen LogP contribution in [0.4, 0.5) is 9.59 Å². The van der Waals surface area contributed by atoms with Gasteiger partial charge in [-0.05, 0) is 94.2 Å². The molecule has 5 atom stereocenters. The highest BCUT2D eigenvalue weighted by atomic mass is 32.2. The SMILES string of the molecule is Cc1c(C)c2c(c(C)c1OC(=O)CCCC[C@@H]1SC[C@@H]3NC(=O)N[C@@H]31)CCC(C)(COc1ccc(CC3SC(=O)NC3=O)cc1)O2. The third kappa shape index (κ3) is 6.97. The number of fused-ring (bicyclic) bond motifs is 2. The molecule has 4 heterocycles. The van der Waals surface area contributed by atoms with E-state index in [9.17, 15) is 19.2 Å². The highest BCUT2D eigenvalue weighted by Crippen LogP contribution is 2.44. The predicted molar refractivity (Wildman–Crippen MR) is 178 cm³/mol. The number of thioether (sulfide) groups is 2. The van der Waals surface area contributed by atoms with Gasteiger partial charge in [0.1, 0.15) is 29.5 Å². The van der Waals surface area contributed by atoms with Gasteiger partial charge in [-0.2, -0.15) is 11.8 Å². The average molecular weight is 668 g/mol. The van der Waals surface area contributed by atoms with Gasteiger partial charge in [-0.1, -0.05) is 30.3 Å². The topological polar surface area (TPSA) is 132 Å². The van der Waals surface area contributed by atoms with E-state index in [0.717, 1.165) is 83.2 Å². The zero-order valence-corrected chi connectivity index (χ0v) is 28.3. The fourth-order valence-corrected chi connectivity index (χ4v) is 9.06. The van der Waals surface area contributed by atoms with Crippen molar-refractivity contribution in [1.29, 1.82) is 0 Å². The quantitative estimate of drug-likeness (QED) is 0.126. The van der Waals surface area contributed by atoms with Crippen LogP contribution in [-0.2, 0) is 22.4 Å². The maximum absolute atomic E-state index is 12.9. The standard InChI is InChI=1S/C34H41N3O7S2/c1-18-19(2)30-23(20(3)29(18)43-27(38)8-6-5-7-25-28-24(16-45-25)35-32(40)36-28)13-14-34(4,44-30)17-42-22-11-9-21(10-12-22)15-26-31(39)37-33(41)46-26/h9-12,24-26,28H,5-8,13-17H2,1-4H3,(H2,35,36,40)(H,37,39,41)/t24-,25-,26?,28-,34?/m0/s1. The van der Waals surface area contributed by atoms with E-state index in [4.69, 9.17) is 14.2 Å². The Bertz CT molecular complexity index is 1550. The Kier molecular flexibility index (Phi) is 9.48. The van der Waals surface area contributed by atoms with Crippen molar-refractivity contribution in [1.82, 2.24) is 16.0 Å². The first kappa shape index (κ1) is 32.6. The molecule has 2 unspecified atom stereocenters. The molecule has 3 N–H and O–H groups in total. The van der Waals surface area contributed by atoms with E-state index < -0.39 is 10.9 Å². The molecule has 0 saturated carbocycles. The number of carbonyl (C=O) groups is 4. The van der Waals surface area contributed by atoms with Crippen LogP contribution < -0.4 is 30.2 Å². The minimum atomic E-state index is -0.540. The lowest BCUT2D eigenvalue weighted by molar-refractivity contribution is -0.134. The van der Waals surface area contributed by atoms with Crippen molar-refractivity contribution in [3.05, 3.63) is 52.1 Å². The van der Waals surface area contributed by atoms with Gasteiger partial charge in [-0.3, -0.25) is 19.7 Å². The van der Waals surface area contributed by atoms with E-state index in [1.165, 1.54) is 0 Å². The largest absolute Gasteiger partial charge is 0.489 e. The van der Waals surface area contributed by atoms with Crippen LogP contribution in [0.25, 0.3) is 0 Å². The maximum Gasteiger partial charge on any atom is 0.315 e. The molecule has 246 valence electrons. The Hall–Kier alpha value is -3.38. The second kappa shape index (κ2) is 13.4. The van der Waals surface area contributed by atoms with Crippen LogP contribution in [0.5, 0.6) is 17.2 Å². The van der Waals surface area contributed by atoms with Crippen LogP contribution in [0.1, 0.15) is 66.8 Å². The van der Waals surface area contributed by atoms with Crippen molar-refractivity contribution in [2.45, 2.75) is 101 Å². The first-order valence-electron chi connectivity index (χ1n) is 15.9. The lowest BCUT2D eigenvalue weighted by atomic mass is 9.87. The predicted octanol–water partition coefficient (Wildman–Crippen LogP) is 5.30. The smallest absolute Gasteiger partial charge is 0.315 e. The summed E-state index contributed by atoms with van der Waals surface area (Å²) < 4.78 is 18.7.